The van der Waals surface area contributed by atoms with Crippen LogP contribution in [0.2, 0.25) is 0 Å². The van der Waals surface area contributed by atoms with E-state index in [0.717, 1.165) is 25.8 Å². The molecular weight excluding hydrogens is 212 g/mol. The summed E-state index contributed by atoms with van der Waals surface area (Å²) in [4.78, 5) is 11.6. The highest BCUT2D eigenvalue weighted by Crippen LogP contribution is 2.05. The first-order chi connectivity index (χ1) is 8.02. The Labute approximate surface area is 107 Å². The Balaban J connectivity index is 3.54. The minimum absolute atomic E-state index is 0.0627. The molecule has 0 aliphatic carbocycles. The second-order valence-corrected chi connectivity index (χ2v) is 5.13. The van der Waals surface area contributed by atoms with E-state index < -0.39 is 0 Å². The zero-order valence-corrected chi connectivity index (χ0v) is 12.0. The monoisotopic (exact) mass is 242 g/mol. The summed E-state index contributed by atoms with van der Waals surface area (Å²) < 4.78 is 0. The number of Topliss-reactive ketones (excluding diaryl/α,β-unsaturated/α-hetero) is 1. The van der Waals surface area contributed by atoms with Gasteiger partial charge in [-0.05, 0) is 32.2 Å². The molecule has 0 aromatic heterocycles. The van der Waals surface area contributed by atoms with Crippen molar-refractivity contribution in [3.63, 3.8) is 0 Å². The third kappa shape index (κ3) is 7.50. The van der Waals surface area contributed by atoms with E-state index in [4.69, 9.17) is 5.73 Å². The van der Waals surface area contributed by atoms with Gasteiger partial charge in [0.2, 0.25) is 0 Å². The first-order valence-electron chi connectivity index (χ1n) is 7.05. The Hall–Kier alpha value is -0.410. The molecular formula is C14H30N2O. The Morgan fingerprint density at radius 2 is 1.76 bits per heavy atom. The van der Waals surface area contributed by atoms with Crippen LogP contribution in [-0.4, -0.2) is 24.4 Å². The highest BCUT2D eigenvalue weighted by Gasteiger charge is 2.15. The topological polar surface area (TPSA) is 55.1 Å². The average Bonchev–Trinajstić information content (AvgIpc) is 2.32. The highest BCUT2D eigenvalue weighted by molar-refractivity contribution is 5.85. The van der Waals surface area contributed by atoms with Gasteiger partial charge in [0.25, 0.3) is 0 Å². The molecule has 1 unspecified atom stereocenters. The summed E-state index contributed by atoms with van der Waals surface area (Å²) in [6, 6.07) is 0.379. The normalized spacial score (nSPS) is 13.4. The molecule has 17 heavy (non-hydrogen) atoms. The van der Waals surface area contributed by atoms with Crippen molar-refractivity contribution < 1.29 is 4.79 Å². The number of ketones is 1. The summed E-state index contributed by atoms with van der Waals surface area (Å²) in [5, 5.41) is 3.52. The Morgan fingerprint density at radius 3 is 2.24 bits per heavy atom. The number of nitrogens with one attached hydrogen (secondary N) is 1. The third-order valence-corrected chi connectivity index (χ3v) is 3.30. The quantitative estimate of drug-likeness (QED) is 0.579. The lowest BCUT2D eigenvalue weighted by Gasteiger charge is -2.15. The van der Waals surface area contributed by atoms with Crippen molar-refractivity contribution in [2.75, 3.05) is 6.54 Å². The zero-order valence-electron chi connectivity index (χ0n) is 12.0. The predicted molar refractivity (Wildman–Crippen MR) is 74.0 cm³/mol. The van der Waals surface area contributed by atoms with Crippen LogP contribution in [0.1, 0.15) is 59.8 Å². The van der Waals surface area contributed by atoms with Crippen molar-refractivity contribution in [3.8, 4) is 0 Å². The highest BCUT2D eigenvalue weighted by atomic mass is 16.1. The summed E-state index contributed by atoms with van der Waals surface area (Å²) in [6.07, 6.45) is 5.33. The van der Waals surface area contributed by atoms with E-state index in [2.05, 4.69) is 19.2 Å². The lowest BCUT2D eigenvalue weighted by Crippen LogP contribution is -2.34. The van der Waals surface area contributed by atoms with Gasteiger partial charge in [0.05, 0.1) is 6.04 Å². The van der Waals surface area contributed by atoms with Gasteiger partial charge < -0.3 is 11.1 Å². The summed E-state index contributed by atoms with van der Waals surface area (Å²) in [6.45, 7) is 9.28. The minimum atomic E-state index is -0.261. The molecule has 0 amide bonds. The van der Waals surface area contributed by atoms with E-state index in [0.29, 0.717) is 6.04 Å². The zero-order chi connectivity index (χ0) is 13.3. The van der Waals surface area contributed by atoms with Crippen molar-refractivity contribution >= 4 is 5.78 Å². The van der Waals surface area contributed by atoms with Gasteiger partial charge in [0.1, 0.15) is 0 Å². The number of hydrogen-bond acceptors (Lipinski definition) is 3. The molecule has 0 heterocycles. The van der Waals surface area contributed by atoms with Crippen LogP contribution in [0.25, 0.3) is 0 Å². The van der Waals surface area contributed by atoms with Gasteiger partial charge in [-0.15, -0.1) is 0 Å². The molecule has 1 atom stereocenters. The summed E-state index contributed by atoms with van der Waals surface area (Å²) in [5.41, 5.74) is 5.84. The van der Waals surface area contributed by atoms with Crippen LogP contribution in [0, 0.1) is 5.92 Å². The fraction of sp³-hybridized carbons (Fsp3) is 0.929. The van der Waals surface area contributed by atoms with Crippen LogP contribution in [0.4, 0.5) is 0 Å². The Morgan fingerprint density at radius 1 is 1.18 bits per heavy atom. The third-order valence-electron chi connectivity index (χ3n) is 3.30. The van der Waals surface area contributed by atoms with E-state index >= 15 is 0 Å². The number of hydrogen-bond donors (Lipinski definition) is 2. The molecule has 102 valence electrons. The maximum absolute atomic E-state index is 11.6. The van der Waals surface area contributed by atoms with Gasteiger partial charge in [0.15, 0.2) is 5.78 Å². The number of unbranched alkanes of at least 4 members (excludes halogenated alkanes) is 1. The van der Waals surface area contributed by atoms with Crippen LogP contribution < -0.4 is 11.1 Å². The summed E-state index contributed by atoms with van der Waals surface area (Å²) in [5.74, 6) is 0.255. The number of carbonyl (C=O) groups is 1. The van der Waals surface area contributed by atoms with Crippen molar-refractivity contribution in [2.24, 2.45) is 11.7 Å². The summed E-state index contributed by atoms with van der Waals surface area (Å²) >= 11 is 0. The maximum Gasteiger partial charge on any atom is 0.152 e. The minimum Gasteiger partial charge on any atom is -0.321 e. The average molecular weight is 242 g/mol. The van der Waals surface area contributed by atoms with Gasteiger partial charge in [-0.25, -0.2) is 0 Å². The lowest BCUT2D eigenvalue weighted by molar-refractivity contribution is -0.123. The van der Waals surface area contributed by atoms with Crippen molar-refractivity contribution in [2.45, 2.75) is 71.9 Å². The Kier molecular flexibility index (Phi) is 9.37. The molecule has 0 aromatic rings. The van der Waals surface area contributed by atoms with Crippen LogP contribution in [0.3, 0.4) is 0 Å². The van der Waals surface area contributed by atoms with Crippen LogP contribution >= 0.6 is 0 Å². The van der Waals surface area contributed by atoms with Gasteiger partial charge in [-0.3, -0.25) is 4.79 Å². The molecule has 0 bridgehead atoms. The standard InChI is InChI=1S/C14H30N2O/c1-5-12(6-2)16-10-8-7-9-13(15)14(17)11(3)4/h11-13,16H,5-10,15H2,1-4H3. The molecule has 3 heteroatoms. The van der Waals surface area contributed by atoms with Gasteiger partial charge in [-0.1, -0.05) is 34.1 Å². The SMILES string of the molecule is CCC(CC)NCCCCC(N)C(=O)C(C)C. The van der Waals surface area contributed by atoms with E-state index in [9.17, 15) is 4.79 Å². The van der Waals surface area contributed by atoms with Crippen molar-refractivity contribution in [3.05, 3.63) is 0 Å². The molecule has 0 spiro atoms. The second kappa shape index (κ2) is 9.60. The molecule has 0 saturated carbocycles. The van der Waals surface area contributed by atoms with Crippen LogP contribution in [-0.2, 0) is 4.79 Å². The van der Waals surface area contributed by atoms with E-state index in [1.807, 2.05) is 13.8 Å². The molecule has 0 aliphatic heterocycles. The predicted octanol–water partition coefficient (Wildman–Crippen LogP) is 2.49. The van der Waals surface area contributed by atoms with E-state index in [1.54, 1.807) is 0 Å². The fourth-order valence-corrected chi connectivity index (χ4v) is 1.94. The molecule has 0 radical (unpaired) electrons. The maximum atomic E-state index is 11.6. The van der Waals surface area contributed by atoms with Crippen molar-refractivity contribution in [1.29, 1.82) is 0 Å². The molecule has 0 aliphatic rings. The smallest absolute Gasteiger partial charge is 0.152 e. The number of nitrogens with two attached hydrogens (primary N) is 1. The summed E-state index contributed by atoms with van der Waals surface area (Å²) in [7, 11) is 0. The molecule has 0 rings (SSSR count). The molecule has 3 nitrogen and oxygen atoms in total. The first-order valence-corrected chi connectivity index (χ1v) is 7.05. The molecule has 0 fully saturated rings. The molecule has 0 saturated heterocycles. The van der Waals surface area contributed by atoms with E-state index in [1.165, 1.54) is 12.8 Å². The van der Waals surface area contributed by atoms with E-state index in [-0.39, 0.29) is 17.7 Å². The number of carbonyl (C=O) groups excluding carboxylic acids is 1. The molecule has 3 N–H and O–H groups in total. The number of rotatable bonds is 10. The largest absolute Gasteiger partial charge is 0.321 e. The Bertz CT molecular complexity index is 200. The van der Waals surface area contributed by atoms with Gasteiger partial charge in [-0.2, -0.15) is 0 Å². The van der Waals surface area contributed by atoms with Gasteiger partial charge >= 0.3 is 0 Å². The first kappa shape index (κ1) is 16.6. The second-order valence-electron chi connectivity index (χ2n) is 5.13. The van der Waals surface area contributed by atoms with Crippen LogP contribution in [0.15, 0.2) is 0 Å². The van der Waals surface area contributed by atoms with Crippen LogP contribution in [0.5, 0.6) is 0 Å². The lowest BCUT2D eigenvalue weighted by atomic mass is 9.98. The fourth-order valence-electron chi connectivity index (χ4n) is 1.94. The van der Waals surface area contributed by atoms with Crippen molar-refractivity contribution in [1.82, 2.24) is 5.32 Å². The van der Waals surface area contributed by atoms with Gasteiger partial charge in [0, 0.05) is 12.0 Å². The molecule has 0 aromatic carbocycles.